The van der Waals surface area contributed by atoms with Gasteiger partial charge in [-0.3, -0.25) is 19.7 Å². The van der Waals surface area contributed by atoms with Gasteiger partial charge in [0, 0.05) is 25.2 Å². The van der Waals surface area contributed by atoms with Crippen molar-refractivity contribution < 1.29 is 14.5 Å². The van der Waals surface area contributed by atoms with Gasteiger partial charge in [0.1, 0.15) is 5.54 Å². The number of benzene rings is 2. The minimum absolute atomic E-state index is 0.146. The van der Waals surface area contributed by atoms with Crippen molar-refractivity contribution in [2.45, 2.75) is 24.9 Å². The average Bonchev–Trinajstić information content (AvgIpc) is 3.35. The Hall–Kier alpha value is -3.10. The van der Waals surface area contributed by atoms with Crippen molar-refractivity contribution in [3.63, 3.8) is 0 Å². The van der Waals surface area contributed by atoms with E-state index >= 15 is 0 Å². The highest BCUT2D eigenvalue weighted by Crippen LogP contribution is 2.54. The molecule has 3 fully saturated rings. The van der Waals surface area contributed by atoms with Crippen molar-refractivity contribution in [2.75, 3.05) is 18.0 Å². The van der Waals surface area contributed by atoms with Gasteiger partial charge in [0.15, 0.2) is 0 Å². The zero-order valence-corrected chi connectivity index (χ0v) is 15.9. The van der Waals surface area contributed by atoms with Gasteiger partial charge in [-0.25, -0.2) is 14.9 Å². The molecule has 3 aliphatic rings. The fourth-order valence-electron chi connectivity index (χ4n) is 5.15. The highest BCUT2D eigenvalue weighted by Gasteiger charge is 2.70. The number of nitro benzene ring substituents is 1. The summed E-state index contributed by atoms with van der Waals surface area (Å²) in [5.74, 6) is -1.20. The molecule has 0 aliphatic carbocycles. The van der Waals surface area contributed by atoms with Crippen LogP contribution in [0.2, 0.25) is 0 Å². The number of anilines is 1. The molecule has 5 rings (SSSR count). The van der Waals surface area contributed by atoms with Crippen molar-refractivity contribution in [3.05, 3.63) is 70.3 Å². The summed E-state index contributed by atoms with van der Waals surface area (Å²) in [4.78, 5) is 39.0. The van der Waals surface area contributed by atoms with Crippen molar-refractivity contribution in [1.29, 1.82) is 0 Å². The molecular formula is C21H20N4O4. The first kappa shape index (κ1) is 18.0. The van der Waals surface area contributed by atoms with E-state index in [1.807, 2.05) is 42.3 Å². The Morgan fingerprint density at radius 2 is 1.83 bits per heavy atom. The predicted molar refractivity (Wildman–Crippen MR) is 105 cm³/mol. The van der Waals surface area contributed by atoms with Crippen LogP contribution in [-0.2, 0) is 9.59 Å². The lowest BCUT2D eigenvalue weighted by Crippen LogP contribution is -2.52. The summed E-state index contributed by atoms with van der Waals surface area (Å²) in [6, 6.07) is 15.3. The van der Waals surface area contributed by atoms with Crippen LogP contribution < -0.4 is 4.90 Å². The van der Waals surface area contributed by atoms with Gasteiger partial charge < -0.3 is 0 Å². The third kappa shape index (κ3) is 2.33. The predicted octanol–water partition coefficient (Wildman–Crippen LogP) is 2.52. The number of hydrazine groups is 1. The van der Waals surface area contributed by atoms with Gasteiger partial charge in [-0.05, 0) is 25.0 Å². The molecule has 0 unspecified atom stereocenters. The molecule has 2 aromatic rings. The minimum Gasteiger partial charge on any atom is -0.274 e. The second kappa shape index (κ2) is 6.20. The molecule has 0 aromatic heterocycles. The Morgan fingerprint density at radius 3 is 2.55 bits per heavy atom. The fraction of sp³-hybridized carbons (Fsp3) is 0.333. The topological polar surface area (TPSA) is 87.0 Å². The van der Waals surface area contributed by atoms with Crippen molar-refractivity contribution in [2.24, 2.45) is 5.92 Å². The lowest BCUT2D eigenvalue weighted by atomic mass is 9.81. The van der Waals surface area contributed by atoms with E-state index in [0.29, 0.717) is 6.54 Å². The Balaban J connectivity index is 1.63. The van der Waals surface area contributed by atoms with E-state index < -0.39 is 16.4 Å². The normalized spacial score (nSPS) is 29.3. The quantitative estimate of drug-likeness (QED) is 0.453. The number of carbonyl (C=O) groups is 2. The highest BCUT2D eigenvalue weighted by molar-refractivity contribution is 6.26. The van der Waals surface area contributed by atoms with Crippen LogP contribution in [0.5, 0.6) is 0 Å². The van der Waals surface area contributed by atoms with Gasteiger partial charge in [-0.1, -0.05) is 36.4 Å². The third-order valence-corrected chi connectivity index (χ3v) is 6.41. The van der Waals surface area contributed by atoms with Gasteiger partial charge >= 0.3 is 0 Å². The van der Waals surface area contributed by atoms with Crippen molar-refractivity contribution in [3.8, 4) is 0 Å². The Labute approximate surface area is 167 Å². The summed E-state index contributed by atoms with van der Waals surface area (Å²) >= 11 is 0. The first-order valence-electron chi connectivity index (χ1n) is 9.66. The number of fused-ring (bicyclic) bond motifs is 3. The zero-order valence-electron chi connectivity index (χ0n) is 15.9. The van der Waals surface area contributed by atoms with Crippen LogP contribution in [0.25, 0.3) is 0 Å². The van der Waals surface area contributed by atoms with Crippen LogP contribution in [0.15, 0.2) is 54.6 Å². The Kier molecular flexibility index (Phi) is 3.84. The molecule has 3 saturated heterocycles. The zero-order chi connectivity index (χ0) is 20.3. The molecule has 29 heavy (non-hydrogen) atoms. The molecular weight excluding hydrogens is 372 g/mol. The van der Waals surface area contributed by atoms with Gasteiger partial charge in [-0.15, -0.1) is 0 Å². The standard InChI is InChI=1S/C21H20N4O4/c1-21-17(18(14-7-3-2-4-8-14)22-11-6-12-23(21)22)19(26)24(20(21)27)15-9-5-10-16(13-15)25(28)29/h2-5,7-10,13,17-18H,6,11-12H2,1H3/t17-,18+,21+/m1/s1. The molecule has 3 aliphatic heterocycles. The van der Waals surface area contributed by atoms with Gasteiger partial charge in [0.05, 0.1) is 22.6 Å². The fourth-order valence-corrected chi connectivity index (χ4v) is 5.15. The summed E-state index contributed by atoms with van der Waals surface area (Å²) < 4.78 is 0. The van der Waals surface area contributed by atoms with Gasteiger partial charge in [0.2, 0.25) is 5.91 Å². The molecule has 0 N–H and O–H groups in total. The number of imide groups is 1. The Morgan fingerprint density at radius 1 is 1.07 bits per heavy atom. The van der Waals surface area contributed by atoms with Crippen LogP contribution in [0.4, 0.5) is 11.4 Å². The molecule has 3 atom stereocenters. The summed E-state index contributed by atoms with van der Waals surface area (Å²) in [5.41, 5.74) is 0.101. The lowest BCUT2D eigenvalue weighted by Gasteiger charge is -2.33. The average molecular weight is 392 g/mol. The van der Waals surface area contributed by atoms with Crippen LogP contribution in [0.3, 0.4) is 0 Å². The molecule has 3 heterocycles. The van der Waals surface area contributed by atoms with E-state index in [1.165, 1.54) is 18.2 Å². The van der Waals surface area contributed by atoms with Crippen LogP contribution in [-0.4, -0.2) is 45.4 Å². The van der Waals surface area contributed by atoms with Crippen molar-refractivity contribution >= 4 is 23.2 Å². The summed E-state index contributed by atoms with van der Waals surface area (Å²) in [6.45, 7) is 3.33. The number of nitrogens with zero attached hydrogens (tertiary/aromatic N) is 4. The number of amides is 2. The highest BCUT2D eigenvalue weighted by atomic mass is 16.6. The SMILES string of the molecule is C[C@@]12C(=O)N(c3cccc([N+](=O)[O-])c3)C(=O)[C@H]1[C@H](c1ccccc1)N1CCCN12. The molecule has 0 bridgehead atoms. The maximum absolute atomic E-state index is 13.6. The Bertz CT molecular complexity index is 1030. The minimum atomic E-state index is -1.00. The first-order chi connectivity index (χ1) is 13.9. The summed E-state index contributed by atoms with van der Waals surface area (Å²) in [7, 11) is 0. The third-order valence-electron chi connectivity index (χ3n) is 6.41. The smallest absolute Gasteiger partial charge is 0.271 e. The summed E-state index contributed by atoms with van der Waals surface area (Å²) in [5, 5.41) is 15.4. The lowest BCUT2D eigenvalue weighted by molar-refractivity contribution is -0.384. The van der Waals surface area contributed by atoms with Crippen LogP contribution in [0.1, 0.15) is 24.9 Å². The molecule has 8 heteroatoms. The molecule has 2 amide bonds. The molecule has 148 valence electrons. The largest absolute Gasteiger partial charge is 0.274 e. The van der Waals surface area contributed by atoms with E-state index in [9.17, 15) is 19.7 Å². The number of hydrogen-bond acceptors (Lipinski definition) is 6. The summed E-state index contributed by atoms with van der Waals surface area (Å²) in [6.07, 6.45) is 0.921. The molecule has 8 nitrogen and oxygen atoms in total. The molecule has 0 radical (unpaired) electrons. The van der Waals surface area contributed by atoms with Crippen LogP contribution in [0, 0.1) is 16.0 Å². The molecule has 0 spiro atoms. The molecule has 0 saturated carbocycles. The first-order valence-corrected chi connectivity index (χ1v) is 9.66. The van der Waals surface area contributed by atoms with Crippen LogP contribution >= 0.6 is 0 Å². The second-order valence-corrected chi connectivity index (χ2v) is 7.88. The number of hydrogen-bond donors (Lipinski definition) is 0. The van der Waals surface area contributed by atoms with E-state index in [0.717, 1.165) is 23.4 Å². The van der Waals surface area contributed by atoms with E-state index in [-0.39, 0.29) is 29.2 Å². The van der Waals surface area contributed by atoms with E-state index in [2.05, 4.69) is 5.01 Å². The number of nitro groups is 1. The monoisotopic (exact) mass is 392 g/mol. The second-order valence-electron chi connectivity index (χ2n) is 7.88. The maximum atomic E-state index is 13.6. The van der Waals surface area contributed by atoms with Gasteiger partial charge in [0.25, 0.3) is 11.6 Å². The van der Waals surface area contributed by atoms with Crippen molar-refractivity contribution in [1.82, 2.24) is 10.0 Å². The number of carbonyl (C=O) groups excluding carboxylic acids is 2. The number of non-ortho nitro benzene ring substituents is 1. The van der Waals surface area contributed by atoms with E-state index in [4.69, 9.17) is 0 Å². The molecule has 2 aromatic carbocycles. The van der Waals surface area contributed by atoms with Gasteiger partial charge in [-0.2, -0.15) is 0 Å². The maximum Gasteiger partial charge on any atom is 0.271 e. The number of rotatable bonds is 3. The van der Waals surface area contributed by atoms with E-state index in [1.54, 1.807) is 6.07 Å².